The van der Waals surface area contributed by atoms with Crippen LogP contribution in [0.4, 0.5) is 5.69 Å². The number of rotatable bonds is 6. The lowest BCUT2D eigenvalue weighted by molar-refractivity contribution is 0.205. The van der Waals surface area contributed by atoms with Crippen molar-refractivity contribution >= 4 is 17.3 Å². The zero-order valence-electron chi connectivity index (χ0n) is 9.87. The first-order valence-corrected chi connectivity index (χ1v) is 5.83. The summed E-state index contributed by atoms with van der Waals surface area (Å²) >= 11 is 6.13. The van der Waals surface area contributed by atoms with Crippen molar-refractivity contribution in [2.24, 2.45) is 5.73 Å². The summed E-state index contributed by atoms with van der Waals surface area (Å²) in [7, 11) is 1.71. The third-order valence-electron chi connectivity index (χ3n) is 2.57. The first-order chi connectivity index (χ1) is 7.72. The smallest absolute Gasteiger partial charge is 0.0637 e. The molecule has 0 bridgehead atoms. The molecule has 16 heavy (non-hydrogen) atoms. The average Bonchev–Trinajstić information content (AvgIpc) is 2.30. The van der Waals surface area contributed by atoms with Crippen LogP contribution < -0.4 is 10.6 Å². The fourth-order valence-corrected chi connectivity index (χ4v) is 1.82. The minimum atomic E-state index is 0.476. The minimum absolute atomic E-state index is 0.476. The molecule has 0 radical (unpaired) electrons. The second kappa shape index (κ2) is 6.74. The normalized spacial score (nSPS) is 10.5. The van der Waals surface area contributed by atoms with Crippen LogP contribution in [0.25, 0.3) is 0 Å². The van der Waals surface area contributed by atoms with E-state index in [1.54, 1.807) is 7.11 Å². The van der Waals surface area contributed by atoms with E-state index in [4.69, 9.17) is 22.1 Å². The maximum absolute atomic E-state index is 6.13. The number of ether oxygens (including phenoxy) is 1. The van der Waals surface area contributed by atoms with Gasteiger partial charge in [0.1, 0.15) is 0 Å². The maximum atomic E-state index is 6.13. The first kappa shape index (κ1) is 13.3. The zero-order chi connectivity index (χ0) is 12.0. The second-order valence-electron chi connectivity index (χ2n) is 3.55. The van der Waals surface area contributed by atoms with Crippen molar-refractivity contribution in [2.45, 2.75) is 13.5 Å². The van der Waals surface area contributed by atoms with Crippen LogP contribution in [0.5, 0.6) is 0 Å². The van der Waals surface area contributed by atoms with Gasteiger partial charge in [0.25, 0.3) is 0 Å². The van der Waals surface area contributed by atoms with Crippen molar-refractivity contribution < 1.29 is 4.74 Å². The van der Waals surface area contributed by atoms with Crippen molar-refractivity contribution in [3.63, 3.8) is 0 Å². The molecule has 0 amide bonds. The van der Waals surface area contributed by atoms with Crippen LogP contribution in [-0.2, 0) is 11.3 Å². The molecule has 2 N–H and O–H groups in total. The van der Waals surface area contributed by atoms with Gasteiger partial charge in [-0.25, -0.2) is 0 Å². The molecule has 90 valence electrons. The summed E-state index contributed by atoms with van der Waals surface area (Å²) in [5.74, 6) is 0. The van der Waals surface area contributed by atoms with Crippen LogP contribution in [0.1, 0.15) is 12.5 Å². The van der Waals surface area contributed by atoms with Crippen molar-refractivity contribution in [1.82, 2.24) is 0 Å². The number of hydrogen-bond donors (Lipinski definition) is 1. The lowest BCUT2D eigenvalue weighted by atomic mass is 10.2. The van der Waals surface area contributed by atoms with Gasteiger partial charge in [0, 0.05) is 37.5 Å². The molecule has 1 aromatic carbocycles. The standard InChI is InChI=1S/C12H19ClN2O/c1-3-15(6-7-16-2)11-5-4-10(9-14)12(13)8-11/h4-5,8H,3,6-7,9,14H2,1-2H3. The second-order valence-corrected chi connectivity index (χ2v) is 3.96. The van der Waals surface area contributed by atoms with E-state index >= 15 is 0 Å². The fraction of sp³-hybridized carbons (Fsp3) is 0.500. The highest BCUT2D eigenvalue weighted by atomic mass is 35.5. The van der Waals surface area contributed by atoms with Gasteiger partial charge >= 0.3 is 0 Å². The van der Waals surface area contributed by atoms with E-state index in [0.717, 1.165) is 29.4 Å². The highest BCUT2D eigenvalue weighted by Gasteiger charge is 2.06. The number of nitrogens with zero attached hydrogens (tertiary/aromatic N) is 1. The largest absolute Gasteiger partial charge is 0.383 e. The Hall–Kier alpha value is -0.770. The molecule has 0 heterocycles. The summed E-state index contributed by atoms with van der Waals surface area (Å²) in [6.07, 6.45) is 0. The Morgan fingerprint density at radius 3 is 2.69 bits per heavy atom. The third kappa shape index (κ3) is 3.37. The molecular weight excluding hydrogens is 224 g/mol. The maximum Gasteiger partial charge on any atom is 0.0637 e. The lowest BCUT2D eigenvalue weighted by Crippen LogP contribution is -2.26. The molecular formula is C12H19ClN2O. The SMILES string of the molecule is CCN(CCOC)c1ccc(CN)c(Cl)c1. The van der Waals surface area contributed by atoms with Crippen LogP contribution in [0.15, 0.2) is 18.2 Å². The Balaban J connectivity index is 2.80. The molecule has 0 aliphatic rings. The lowest BCUT2D eigenvalue weighted by Gasteiger charge is -2.23. The van der Waals surface area contributed by atoms with Crippen LogP contribution >= 0.6 is 11.6 Å². The Morgan fingerprint density at radius 1 is 1.44 bits per heavy atom. The predicted octanol–water partition coefficient (Wildman–Crippen LogP) is 2.27. The zero-order valence-corrected chi connectivity index (χ0v) is 10.6. The Kier molecular flexibility index (Phi) is 5.60. The molecule has 0 spiro atoms. The molecule has 0 atom stereocenters. The molecule has 1 aromatic rings. The molecule has 0 aromatic heterocycles. The molecule has 0 aliphatic carbocycles. The molecule has 4 heteroatoms. The van der Waals surface area contributed by atoms with Crippen LogP contribution in [0, 0.1) is 0 Å². The molecule has 1 rings (SSSR count). The molecule has 3 nitrogen and oxygen atoms in total. The summed E-state index contributed by atoms with van der Waals surface area (Å²) in [6.45, 7) is 5.10. The Labute approximate surface area is 102 Å². The molecule has 0 unspecified atom stereocenters. The van der Waals surface area contributed by atoms with E-state index < -0.39 is 0 Å². The minimum Gasteiger partial charge on any atom is -0.383 e. The number of anilines is 1. The van der Waals surface area contributed by atoms with E-state index in [0.29, 0.717) is 13.2 Å². The van der Waals surface area contributed by atoms with Crippen LogP contribution in [0.2, 0.25) is 5.02 Å². The summed E-state index contributed by atoms with van der Waals surface area (Å²) in [5.41, 5.74) is 7.66. The van der Waals surface area contributed by atoms with Crippen molar-refractivity contribution in [3.05, 3.63) is 28.8 Å². The van der Waals surface area contributed by atoms with E-state index in [-0.39, 0.29) is 0 Å². The van der Waals surface area contributed by atoms with E-state index in [9.17, 15) is 0 Å². The van der Waals surface area contributed by atoms with Gasteiger partial charge in [-0.15, -0.1) is 0 Å². The quantitative estimate of drug-likeness (QED) is 0.832. The van der Waals surface area contributed by atoms with Crippen molar-refractivity contribution in [1.29, 1.82) is 0 Å². The van der Waals surface area contributed by atoms with Crippen molar-refractivity contribution in [3.8, 4) is 0 Å². The fourth-order valence-electron chi connectivity index (χ4n) is 1.57. The number of likely N-dealkylation sites (N-methyl/N-ethyl adjacent to an activating group) is 1. The van der Waals surface area contributed by atoms with Gasteiger partial charge in [0.2, 0.25) is 0 Å². The Morgan fingerprint density at radius 2 is 2.19 bits per heavy atom. The number of halogens is 1. The third-order valence-corrected chi connectivity index (χ3v) is 2.92. The summed E-state index contributed by atoms with van der Waals surface area (Å²) < 4.78 is 5.08. The van der Waals surface area contributed by atoms with Gasteiger partial charge in [-0.05, 0) is 24.6 Å². The van der Waals surface area contributed by atoms with Gasteiger partial charge < -0.3 is 15.4 Å². The number of benzene rings is 1. The summed E-state index contributed by atoms with van der Waals surface area (Å²) in [6, 6.07) is 5.99. The Bertz CT molecular complexity index is 331. The predicted molar refractivity (Wildman–Crippen MR) is 69.1 cm³/mol. The monoisotopic (exact) mass is 242 g/mol. The first-order valence-electron chi connectivity index (χ1n) is 5.45. The van der Waals surface area contributed by atoms with E-state index in [1.807, 2.05) is 18.2 Å². The van der Waals surface area contributed by atoms with Gasteiger partial charge in [0.05, 0.1) is 6.61 Å². The van der Waals surface area contributed by atoms with E-state index in [1.165, 1.54) is 0 Å². The van der Waals surface area contributed by atoms with Crippen molar-refractivity contribution in [2.75, 3.05) is 31.7 Å². The van der Waals surface area contributed by atoms with Gasteiger partial charge in [-0.1, -0.05) is 17.7 Å². The number of methoxy groups -OCH3 is 1. The molecule has 0 fully saturated rings. The average molecular weight is 243 g/mol. The van der Waals surface area contributed by atoms with Crippen LogP contribution in [-0.4, -0.2) is 26.8 Å². The molecule has 0 saturated heterocycles. The van der Waals surface area contributed by atoms with Gasteiger partial charge in [0.15, 0.2) is 0 Å². The summed E-state index contributed by atoms with van der Waals surface area (Å²) in [4.78, 5) is 2.22. The van der Waals surface area contributed by atoms with Gasteiger partial charge in [-0.2, -0.15) is 0 Å². The molecule has 0 aliphatic heterocycles. The number of hydrogen-bond acceptors (Lipinski definition) is 3. The summed E-state index contributed by atoms with van der Waals surface area (Å²) in [5, 5.41) is 0.732. The number of nitrogens with two attached hydrogens (primary N) is 1. The van der Waals surface area contributed by atoms with Crippen LogP contribution in [0.3, 0.4) is 0 Å². The topological polar surface area (TPSA) is 38.5 Å². The highest BCUT2D eigenvalue weighted by molar-refractivity contribution is 6.31. The molecule has 0 saturated carbocycles. The van der Waals surface area contributed by atoms with Gasteiger partial charge in [-0.3, -0.25) is 0 Å². The van der Waals surface area contributed by atoms with E-state index in [2.05, 4.69) is 11.8 Å². The highest BCUT2D eigenvalue weighted by Crippen LogP contribution is 2.23.